The van der Waals surface area contributed by atoms with E-state index in [1.54, 1.807) is 13.0 Å². The fraction of sp³-hybridized carbons (Fsp3) is 0.500. The van der Waals surface area contributed by atoms with Crippen molar-refractivity contribution in [2.45, 2.75) is 6.92 Å². The van der Waals surface area contributed by atoms with E-state index >= 15 is 0 Å². The molecule has 3 nitrogen and oxygen atoms in total. The van der Waals surface area contributed by atoms with Crippen molar-refractivity contribution in [2.75, 3.05) is 5.75 Å². The Morgan fingerprint density at radius 3 is 2.11 bits per heavy atom. The van der Waals surface area contributed by atoms with E-state index in [4.69, 9.17) is 4.55 Å². The minimum Gasteiger partial charge on any atom is -0.285 e. The van der Waals surface area contributed by atoms with Gasteiger partial charge in [0.1, 0.15) is 0 Å². The first-order valence-corrected chi connectivity index (χ1v) is 3.73. The second kappa shape index (κ2) is 5.44. The van der Waals surface area contributed by atoms with E-state index < -0.39 is 10.1 Å². The van der Waals surface area contributed by atoms with Crippen molar-refractivity contribution >= 4 is 39.7 Å². The van der Waals surface area contributed by atoms with Crippen LogP contribution in [-0.4, -0.2) is 48.3 Å². The van der Waals surface area contributed by atoms with Gasteiger partial charge in [0.2, 0.25) is 0 Å². The second-order valence-electron chi connectivity index (χ2n) is 1.32. The van der Waals surface area contributed by atoms with Crippen LogP contribution in [0.5, 0.6) is 0 Å². The zero-order valence-electron chi connectivity index (χ0n) is 5.53. The van der Waals surface area contributed by atoms with Gasteiger partial charge in [-0.05, 0) is 6.92 Å². The van der Waals surface area contributed by atoms with Crippen molar-refractivity contribution in [1.82, 2.24) is 0 Å². The predicted octanol–water partition coefficient (Wildman–Crippen LogP) is 0.0695. The molecule has 0 saturated carbocycles. The van der Waals surface area contributed by atoms with E-state index in [-0.39, 0.29) is 35.3 Å². The van der Waals surface area contributed by atoms with Gasteiger partial charge < -0.3 is 0 Å². The third-order valence-corrected chi connectivity index (χ3v) is 1.16. The van der Waals surface area contributed by atoms with E-state index in [9.17, 15) is 8.42 Å². The van der Waals surface area contributed by atoms with Gasteiger partial charge in [-0.3, -0.25) is 4.55 Å². The third kappa shape index (κ3) is 12.0. The van der Waals surface area contributed by atoms with Gasteiger partial charge in [0.15, 0.2) is 0 Å². The van der Waals surface area contributed by atoms with Crippen molar-refractivity contribution in [3.8, 4) is 0 Å². The van der Waals surface area contributed by atoms with E-state index in [1.165, 1.54) is 6.08 Å². The van der Waals surface area contributed by atoms with Crippen LogP contribution in [-0.2, 0) is 10.1 Å². The van der Waals surface area contributed by atoms with E-state index in [0.29, 0.717) is 0 Å². The van der Waals surface area contributed by atoms with Crippen LogP contribution in [0.1, 0.15) is 6.92 Å². The molecule has 0 aliphatic carbocycles. The summed E-state index contributed by atoms with van der Waals surface area (Å²) in [7, 11) is -3.77. The molecule has 0 aromatic carbocycles. The SMILES string of the molecule is CC=CCS(=O)(=O)O.[Na]. The zero-order valence-corrected chi connectivity index (χ0v) is 8.35. The minimum atomic E-state index is -3.77. The molecule has 0 heterocycles. The Labute approximate surface area is 77.2 Å². The maximum atomic E-state index is 9.89. The van der Waals surface area contributed by atoms with Crippen molar-refractivity contribution in [2.24, 2.45) is 0 Å². The molecule has 0 aliphatic heterocycles. The molecule has 0 aliphatic rings. The zero-order chi connectivity index (χ0) is 6.62. The first-order chi connectivity index (χ1) is 3.56. The first-order valence-electron chi connectivity index (χ1n) is 2.12. The monoisotopic (exact) mass is 159 g/mol. The maximum absolute atomic E-state index is 9.89. The molecule has 9 heavy (non-hydrogen) atoms. The molecule has 0 unspecified atom stereocenters. The van der Waals surface area contributed by atoms with Crippen molar-refractivity contribution in [3.05, 3.63) is 12.2 Å². The van der Waals surface area contributed by atoms with Crippen LogP contribution in [0.4, 0.5) is 0 Å². The summed E-state index contributed by atoms with van der Waals surface area (Å²) >= 11 is 0. The Kier molecular flexibility index (Phi) is 7.45. The summed E-state index contributed by atoms with van der Waals surface area (Å²) < 4.78 is 27.9. The first kappa shape index (κ1) is 12.3. The molecule has 0 aromatic rings. The van der Waals surface area contributed by atoms with Crippen LogP contribution in [0.2, 0.25) is 0 Å². The molecule has 0 aromatic heterocycles. The summed E-state index contributed by atoms with van der Waals surface area (Å²) in [5, 5.41) is 0. The van der Waals surface area contributed by atoms with Crippen LogP contribution in [0, 0.1) is 0 Å². The Morgan fingerprint density at radius 2 is 2.00 bits per heavy atom. The average Bonchev–Trinajstić information content (AvgIpc) is 1.59. The second-order valence-corrected chi connectivity index (χ2v) is 2.81. The molecule has 1 N–H and O–H groups in total. The molecule has 0 fully saturated rings. The number of hydrogen-bond donors (Lipinski definition) is 1. The standard InChI is InChI=1S/C4H8O3S.Na/c1-2-3-4-8(5,6)7;/h2-3H,4H2,1H3,(H,5,6,7);. The summed E-state index contributed by atoms with van der Waals surface area (Å²) in [5.74, 6) is -0.288. The fourth-order valence-electron chi connectivity index (χ4n) is 0.218. The molecule has 0 amide bonds. The molecular weight excluding hydrogens is 151 g/mol. The number of hydrogen-bond acceptors (Lipinski definition) is 2. The van der Waals surface area contributed by atoms with Crippen LogP contribution < -0.4 is 0 Å². The molecule has 1 radical (unpaired) electrons. The quantitative estimate of drug-likeness (QED) is 0.352. The van der Waals surface area contributed by atoms with Gasteiger partial charge in [0.05, 0.1) is 5.75 Å². The van der Waals surface area contributed by atoms with Crippen LogP contribution in [0.15, 0.2) is 12.2 Å². The van der Waals surface area contributed by atoms with E-state index in [1.807, 2.05) is 0 Å². The molecule has 0 rings (SSSR count). The minimum absolute atomic E-state index is 0. The van der Waals surface area contributed by atoms with Crippen molar-refractivity contribution in [1.29, 1.82) is 0 Å². The van der Waals surface area contributed by atoms with Crippen LogP contribution in [0.25, 0.3) is 0 Å². The van der Waals surface area contributed by atoms with Crippen molar-refractivity contribution in [3.63, 3.8) is 0 Å². The summed E-state index contributed by atoms with van der Waals surface area (Å²) in [6, 6.07) is 0. The smallest absolute Gasteiger partial charge is 0.268 e. The fourth-order valence-corrected chi connectivity index (χ4v) is 0.653. The van der Waals surface area contributed by atoms with Gasteiger partial charge >= 0.3 is 0 Å². The van der Waals surface area contributed by atoms with Gasteiger partial charge in [-0.1, -0.05) is 12.2 Å². The largest absolute Gasteiger partial charge is 0.285 e. The van der Waals surface area contributed by atoms with Gasteiger partial charge in [0, 0.05) is 29.6 Å². The summed E-state index contributed by atoms with van der Waals surface area (Å²) in [5.41, 5.74) is 0. The van der Waals surface area contributed by atoms with Gasteiger partial charge in [-0.2, -0.15) is 8.42 Å². The normalized spacial score (nSPS) is 11.3. The van der Waals surface area contributed by atoms with Gasteiger partial charge in [-0.15, -0.1) is 0 Å². The Morgan fingerprint density at radius 1 is 1.56 bits per heavy atom. The number of allylic oxidation sites excluding steroid dienone is 1. The number of rotatable bonds is 2. The molecule has 49 valence electrons. The molecule has 0 saturated heterocycles. The molecule has 0 bridgehead atoms. The summed E-state index contributed by atoms with van der Waals surface area (Å²) in [4.78, 5) is 0. The molecule has 0 atom stereocenters. The van der Waals surface area contributed by atoms with E-state index in [2.05, 4.69) is 0 Å². The topological polar surface area (TPSA) is 54.4 Å². The van der Waals surface area contributed by atoms with Gasteiger partial charge in [0.25, 0.3) is 10.1 Å². The van der Waals surface area contributed by atoms with Crippen LogP contribution in [0.3, 0.4) is 0 Å². The Hall–Kier alpha value is 0.650. The third-order valence-electron chi connectivity index (χ3n) is 0.543. The van der Waals surface area contributed by atoms with Gasteiger partial charge in [-0.25, -0.2) is 0 Å². The maximum Gasteiger partial charge on any atom is 0.268 e. The average molecular weight is 159 g/mol. The molecular formula is C4H8NaO3S. The molecule has 5 heteroatoms. The summed E-state index contributed by atoms with van der Waals surface area (Å²) in [6.45, 7) is 1.69. The summed E-state index contributed by atoms with van der Waals surface area (Å²) in [6.07, 6.45) is 2.93. The van der Waals surface area contributed by atoms with Crippen LogP contribution >= 0.6 is 0 Å². The Bertz CT molecular complexity index is 170. The molecule has 0 spiro atoms. The van der Waals surface area contributed by atoms with E-state index in [0.717, 1.165) is 0 Å². The van der Waals surface area contributed by atoms with Crippen molar-refractivity contribution < 1.29 is 13.0 Å². The predicted molar refractivity (Wildman–Crippen MR) is 37.0 cm³/mol. The Balaban J connectivity index is 0.